The minimum absolute atomic E-state index is 0.0329. The van der Waals surface area contributed by atoms with E-state index in [1.807, 2.05) is 6.08 Å². The van der Waals surface area contributed by atoms with Crippen LogP contribution in [0.5, 0.6) is 11.5 Å². The Hall–Kier alpha value is -2.20. The molecule has 0 N–H and O–H groups in total. The zero-order valence-corrected chi connectivity index (χ0v) is 21.6. The number of aldehydes is 1. The first-order valence-electron chi connectivity index (χ1n) is 11.0. The molecule has 1 fully saturated rings. The molecule has 9 heteroatoms. The number of esters is 1. The molecule has 8 nitrogen and oxygen atoms in total. The van der Waals surface area contributed by atoms with E-state index in [0.29, 0.717) is 30.1 Å². The molecule has 0 saturated carbocycles. The molecular formula is C24H36O8Si. The van der Waals surface area contributed by atoms with Crippen molar-refractivity contribution in [2.24, 2.45) is 0 Å². The quantitative estimate of drug-likeness (QED) is 0.189. The van der Waals surface area contributed by atoms with Crippen LogP contribution in [0.1, 0.15) is 36.2 Å². The molecule has 0 amide bonds. The van der Waals surface area contributed by atoms with Crippen molar-refractivity contribution in [2.45, 2.75) is 63.9 Å². The smallest absolute Gasteiger partial charge is 0.342 e. The Morgan fingerprint density at radius 3 is 2.52 bits per heavy atom. The highest BCUT2D eigenvalue weighted by Crippen LogP contribution is 2.32. The summed E-state index contributed by atoms with van der Waals surface area (Å²) in [6.45, 7) is 10.5. The molecule has 0 bridgehead atoms. The largest absolute Gasteiger partial charge is 0.497 e. The molecule has 1 aromatic carbocycles. The van der Waals surface area contributed by atoms with Crippen molar-refractivity contribution in [3.63, 3.8) is 0 Å². The first kappa shape index (κ1) is 27.0. The summed E-state index contributed by atoms with van der Waals surface area (Å²) < 4.78 is 33.1. The van der Waals surface area contributed by atoms with Gasteiger partial charge in [-0.15, -0.1) is 0 Å². The van der Waals surface area contributed by atoms with E-state index in [9.17, 15) is 9.59 Å². The molecular weight excluding hydrogens is 444 g/mol. The molecule has 33 heavy (non-hydrogen) atoms. The van der Waals surface area contributed by atoms with Gasteiger partial charge in [0.25, 0.3) is 0 Å². The topological polar surface area (TPSA) is 89.5 Å². The Bertz CT molecular complexity index is 844. The number of hydrogen-bond acceptors (Lipinski definition) is 8. The van der Waals surface area contributed by atoms with Gasteiger partial charge in [-0.25, -0.2) is 4.79 Å². The molecule has 1 aliphatic rings. The van der Waals surface area contributed by atoms with Gasteiger partial charge in [0.1, 0.15) is 23.2 Å². The van der Waals surface area contributed by atoms with Gasteiger partial charge in [0.05, 0.1) is 19.8 Å². The van der Waals surface area contributed by atoms with E-state index >= 15 is 0 Å². The van der Waals surface area contributed by atoms with E-state index in [4.69, 9.17) is 28.4 Å². The van der Waals surface area contributed by atoms with Crippen LogP contribution in [0.15, 0.2) is 18.2 Å². The molecule has 0 spiro atoms. The van der Waals surface area contributed by atoms with Crippen LogP contribution >= 0.6 is 0 Å². The van der Waals surface area contributed by atoms with Crippen molar-refractivity contribution in [3.8, 4) is 11.5 Å². The number of methoxy groups -OCH3 is 2. The van der Waals surface area contributed by atoms with Gasteiger partial charge in [-0.2, -0.15) is 0 Å². The van der Waals surface area contributed by atoms with Crippen molar-refractivity contribution < 1.29 is 38.0 Å². The van der Waals surface area contributed by atoms with Gasteiger partial charge in [0.2, 0.25) is 0 Å². The molecule has 0 aliphatic carbocycles. The zero-order valence-electron chi connectivity index (χ0n) is 20.6. The molecule has 0 aromatic heterocycles. The SMILES string of the molecule is COCOc1cc(OC)cc(C=CC[C@@H]2OC(C)(C)O[C@@H]2C=O)c1C(=O)OCC[Si](C)(C)C. The summed E-state index contributed by atoms with van der Waals surface area (Å²) in [6.07, 6.45) is 3.70. The lowest BCUT2D eigenvalue weighted by atomic mass is 10.0. The average Bonchev–Trinajstić information content (AvgIpc) is 3.04. The third-order valence-corrected chi connectivity index (χ3v) is 6.69. The van der Waals surface area contributed by atoms with Crippen LogP contribution < -0.4 is 9.47 Å². The molecule has 1 heterocycles. The Morgan fingerprint density at radius 2 is 1.91 bits per heavy atom. The maximum absolute atomic E-state index is 13.0. The minimum Gasteiger partial charge on any atom is -0.497 e. The van der Waals surface area contributed by atoms with Crippen LogP contribution in [0, 0.1) is 0 Å². The Morgan fingerprint density at radius 1 is 1.18 bits per heavy atom. The van der Waals surface area contributed by atoms with E-state index in [0.717, 1.165) is 12.3 Å². The van der Waals surface area contributed by atoms with Gasteiger partial charge in [-0.05, 0) is 37.9 Å². The fourth-order valence-corrected chi connectivity index (χ4v) is 4.04. The molecule has 1 aromatic rings. The maximum Gasteiger partial charge on any atom is 0.342 e. The van der Waals surface area contributed by atoms with Gasteiger partial charge in [0.15, 0.2) is 18.9 Å². The Kier molecular flexibility index (Phi) is 9.66. The van der Waals surface area contributed by atoms with Crippen molar-refractivity contribution in [1.29, 1.82) is 0 Å². The van der Waals surface area contributed by atoms with Crippen LogP contribution in [0.4, 0.5) is 0 Å². The fourth-order valence-electron chi connectivity index (χ4n) is 3.33. The summed E-state index contributed by atoms with van der Waals surface area (Å²) >= 11 is 0. The van der Waals surface area contributed by atoms with Crippen LogP contribution in [0.2, 0.25) is 25.7 Å². The van der Waals surface area contributed by atoms with Crippen molar-refractivity contribution in [3.05, 3.63) is 29.3 Å². The van der Waals surface area contributed by atoms with Gasteiger partial charge in [-0.3, -0.25) is 0 Å². The lowest BCUT2D eigenvalue weighted by Crippen LogP contribution is -2.23. The lowest BCUT2D eigenvalue weighted by molar-refractivity contribution is -0.149. The monoisotopic (exact) mass is 480 g/mol. The second-order valence-electron chi connectivity index (χ2n) is 9.50. The first-order chi connectivity index (χ1) is 15.5. The number of ether oxygens (including phenoxy) is 6. The predicted molar refractivity (Wildman–Crippen MR) is 127 cm³/mol. The highest BCUT2D eigenvalue weighted by Gasteiger charge is 2.40. The van der Waals surface area contributed by atoms with E-state index in [1.165, 1.54) is 14.2 Å². The van der Waals surface area contributed by atoms with Crippen LogP contribution in [0.3, 0.4) is 0 Å². The van der Waals surface area contributed by atoms with Crippen molar-refractivity contribution in [1.82, 2.24) is 0 Å². The highest BCUT2D eigenvalue weighted by atomic mass is 28.3. The number of hydrogen-bond donors (Lipinski definition) is 0. The summed E-state index contributed by atoms with van der Waals surface area (Å²) in [6, 6.07) is 4.22. The average molecular weight is 481 g/mol. The van der Waals surface area contributed by atoms with E-state index in [-0.39, 0.29) is 12.4 Å². The Labute approximate surface area is 197 Å². The second-order valence-corrected chi connectivity index (χ2v) is 15.1. The molecule has 2 rings (SSSR count). The molecule has 184 valence electrons. The van der Waals surface area contributed by atoms with E-state index < -0.39 is 32.0 Å². The molecule has 2 atom stereocenters. The molecule has 1 saturated heterocycles. The van der Waals surface area contributed by atoms with Gasteiger partial charge in [0, 0.05) is 21.3 Å². The first-order valence-corrected chi connectivity index (χ1v) is 14.7. The number of carbonyl (C=O) groups excluding carboxylic acids is 2. The zero-order chi connectivity index (χ0) is 24.6. The van der Waals surface area contributed by atoms with Crippen molar-refractivity contribution in [2.75, 3.05) is 27.6 Å². The summed E-state index contributed by atoms with van der Waals surface area (Å²) in [4.78, 5) is 24.4. The molecule has 0 radical (unpaired) electrons. The third kappa shape index (κ3) is 8.26. The van der Waals surface area contributed by atoms with Gasteiger partial charge >= 0.3 is 5.97 Å². The minimum atomic E-state index is -1.36. The highest BCUT2D eigenvalue weighted by molar-refractivity contribution is 6.76. The summed E-state index contributed by atoms with van der Waals surface area (Å²) in [5, 5.41) is 0. The van der Waals surface area contributed by atoms with Gasteiger partial charge in [-0.1, -0.05) is 31.8 Å². The third-order valence-electron chi connectivity index (χ3n) is 4.98. The molecule has 1 aliphatic heterocycles. The van der Waals surface area contributed by atoms with Crippen LogP contribution in [0.25, 0.3) is 6.08 Å². The summed E-state index contributed by atoms with van der Waals surface area (Å²) in [7, 11) is 1.68. The number of benzene rings is 1. The fraction of sp³-hybridized carbons (Fsp3) is 0.583. The number of carbonyl (C=O) groups is 2. The lowest BCUT2D eigenvalue weighted by Gasteiger charge is -2.18. The Balaban J connectivity index is 2.30. The van der Waals surface area contributed by atoms with Crippen molar-refractivity contribution >= 4 is 26.4 Å². The van der Waals surface area contributed by atoms with E-state index in [2.05, 4.69) is 19.6 Å². The number of rotatable bonds is 12. The van der Waals surface area contributed by atoms with Gasteiger partial charge < -0.3 is 33.2 Å². The summed E-state index contributed by atoms with van der Waals surface area (Å²) in [5.74, 6) is -0.478. The second kappa shape index (κ2) is 11.8. The standard InChI is InChI=1S/C24H36O8Si/c1-24(2)31-19(21(15-25)32-24)10-8-9-17-13-18(28-4)14-20(30-16-27-3)22(17)23(26)29-11-12-33(5,6)7/h8-9,13-15,19,21H,10-12,16H2,1-7H3/t19-,21+/m0/s1. The van der Waals surface area contributed by atoms with Crippen LogP contribution in [-0.2, 0) is 23.7 Å². The predicted octanol–water partition coefficient (Wildman–Crippen LogP) is 4.30. The van der Waals surface area contributed by atoms with Crippen LogP contribution in [-0.4, -0.2) is 65.9 Å². The van der Waals surface area contributed by atoms with E-state index in [1.54, 1.807) is 32.1 Å². The maximum atomic E-state index is 13.0. The molecule has 0 unspecified atom stereocenters. The summed E-state index contributed by atoms with van der Waals surface area (Å²) in [5.41, 5.74) is 0.856. The normalized spacial score (nSPS) is 20.1.